The zero-order valence-electron chi connectivity index (χ0n) is 9.05. The molecule has 0 amide bonds. The first kappa shape index (κ1) is 11.3. The van der Waals surface area contributed by atoms with Crippen molar-refractivity contribution in [2.45, 2.75) is 24.6 Å². The van der Waals surface area contributed by atoms with Crippen molar-refractivity contribution in [3.63, 3.8) is 0 Å². The van der Waals surface area contributed by atoms with Crippen molar-refractivity contribution in [1.29, 1.82) is 0 Å². The number of rotatable bonds is 3. The lowest BCUT2D eigenvalue weighted by atomic mass is 10.1. The standard InChI is InChI=1S/C11H14N2O2S/c1-8-11(5-6-16-8)12-9-3-2-4-10(7-9)13(14)15/h2-4,7-8,11-12H,5-6H2,1H3. The van der Waals surface area contributed by atoms with E-state index in [4.69, 9.17) is 0 Å². The van der Waals surface area contributed by atoms with Gasteiger partial charge >= 0.3 is 0 Å². The summed E-state index contributed by atoms with van der Waals surface area (Å²) < 4.78 is 0. The number of non-ortho nitro benzene ring substituents is 1. The molecule has 4 nitrogen and oxygen atoms in total. The molecule has 16 heavy (non-hydrogen) atoms. The van der Waals surface area contributed by atoms with Gasteiger partial charge in [-0.2, -0.15) is 11.8 Å². The Morgan fingerprint density at radius 2 is 2.38 bits per heavy atom. The molecule has 1 aromatic rings. The first-order chi connectivity index (χ1) is 7.66. The van der Waals surface area contributed by atoms with Crippen molar-refractivity contribution in [2.24, 2.45) is 0 Å². The maximum Gasteiger partial charge on any atom is 0.271 e. The molecular formula is C11H14N2O2S. The van der Waals surface area contributed by atoms with Gasteiger partial charge in [0.1, 0.15) is 0 Å². The molecule has 0 radical (unpaired) electrons. The molecule has 0 bridgehead atoms. The summed E-state index contributed by atoms with van der Waals surface area (Å²) in [7, 11) is 0. The van der Waals surface area contributed by atoms with Crippen LogP contribution in [0.3, 0.4) is 0 Å². The highest BCUT2D eigenvalue weighted by atomic mass is 32.2. The minimum atomic E-state index is -0.363. The molecule has 2 atom stereocenters. The van der Waals surface area contributed by atoms with E-state index in [-0.39, 0.29) is 10.6 Å². The third-order valence-electron chi connectivity index (χ3n) is 2.79. The maximum atomic E-state index is 10.6. The van der Waals surface area contributed by atoms with Gasteiger partial charge < -0.3 is 5.32 Å². The quantitative estimate of drug-likeness (QED) is 0.650. The molecule has 0 aliphatic carbocycles. The Hall–Kier alpha value is -1.23. The molecule has 1 saturated heterocycles. The van der Waals surface area contributed by atoms with E-state index >= 15 is 0 Å². The van der Waals surface area contributed by atoms with Gasteiger partial charge in [0.05, 0.1) is 4.92 Å². The predicted octanol–water partition coefficient (Wildman–Crippen LogP) is 2.90. The Bertz CT molecular complexity index is 397. The predicted molar refractivity (Wildman–Crippen MR) is 67.0 cm³/mol. The largest absolute Gasteiger partial charge is 0.381 e. The number of thioether (sulfide) groups is 1. The van der Waals surface area contributed by atoms with E-state index in [0.717, 1.165) is 17.9 Å². The van der Waals surface area contributed by atoms with Crippen molar-refractivity contribution < 1.29 is 4.92 Å². The van der Waals surface area contributed by atoms with Crippen LogP contribution in [0, 0.1) is 10.1 Å². The number of nitrogens with one attached hydrogen (secondary N) is 1. The van der Waals surface area contributed by atoms with Gasteiger partial charge in [-0.15, -0.1) is 0 Å². The van der Waals surface area contributed by atoms with Crippen LogP contribution in [0.2, 0.25) is 0 Å². The van der Waals surface area contributed by atoms with E-state index < -0.39 is 0 Å². The molecule has 0 spiro atoms. The third-order valence-corrected chi connectivity index (χ3v) is 4.11. The molecule has 0 saturated carbocycles. The lowest BCUT2D eigenvalue weighted by Gasteiger charge is -2.17. The van der Waals surface area contributed by atoms with Crippen LogP contribution < -0.4 is 5.32 Å². The SMILES string of the molecule is CC1SCCC1Nc1cccc([N+](=O)[O-])c1. The summed E-state index contributed by atoms with van der Waals surface area (Å²) in [6.07, 6.45) is 1.12. The monoisotopic (exact) mass is 238 g/mol. The number of nitro groups is 1. The Kier molecular flexibility index (Phi) is 3.33. The summed E-state index contributed by atoms with van der Waals surface area (Å²) in [6, 6.07) is 7.12. The molecule has 0 aromatic heterocycles. The van der Waals surface area contributed by atoms with Crippen LogP contribution in [0.1, 0.15) is 13.3 Å². The van der Waals surface area contributed by atoms with Gasteiger partial charge in [-0.25, -0.2) is 0 Å². The average Bonchev–Trinajstić information content (AvgIpc) is 2.65. The lowest BCUT2D eigenvalue weighted by molar-refractivity contribution is -0.384. The van der Waals surface area contributed by atoms with Crippen molar-refractivity contribution >= 4 is 23.1 Å². The van der Waals surface area contributed by atoms with Gasteiger partial charge in [0.2, 0.25) is 0 Å². The molecule has 1 N–H and O–H groups in total. The van der Waals surface area contributed by atoms with E-state index in [2.05, 4.69) is 12.2 Å². The fraction of sp³-hybridized carbons (Fsp3) is 0.455. The molecule has 1 aromatic carbocycles. The fourth-order valence-electron chi connectivity index (χ4n) is 1.84. The van der Waals surface area contributed by atoms with Crippen LogP contribution >= 0.6 is 11.8 Å². The topological polar surface area (TPSA) is 55.2 Å². The highest BCUT2D eigenvalue weighted by molar-refractivity contribution is 8.00. The molecule has 2 rings (SSSR count). The van der Waals surface area contributed by atoms with Crippen LogP contribution in [0.25, 0.3) is 0 Å². The lowest BCUT2D eigenvalue weighted by Crippen LogP contribution is -2.24. The smallest absolute Gasteiger partial charge is 0.271 e. The Balaban J connectivity index is 2.09. The molecule has 1 aliphatic rings. The summed E-state index contributed by atoms with van der Waals surface area (Å²) in [5.74, 6) is 1.16. The molecule has 5 heteroatoms. The average molecular weight is 238 g/mol. The van der Waals surface area contributed by atoms with Crippen LogP contribution in [-0.2, 0) is 0 Å². The van der Waals surface area contributed by atoms with Gasteiger partial charge in [0.25, 0.3) is 5.69 Å². The number of nitrogens with zero attached hydrogens (tertiary/aromatic N) is 1. The number of hydrogen-bond acceptors (Lipinski definition) is 4. The first-order valence-electron chi connectivity index (χ1n) is 5.29. The van der Waals surface area contributed by atoms with E-state index in [1.165, 1.54) is 6.07 Å². The molecule has 1 heterocycles. The second kappa shape index (κ2) is 4.74. The number of nitro benzene ring substituents is 1. The number of benzene rings is 1. The van der Waals surface area contributed by atoms with Gasteiger partial charge in [-0.3, -0.25) is 10.1 Å². The van der Waals surface area contributed by atoms with Crippen molar-refractivity contribution in [2.75, 3.05) is 11.1 Å². The number of anilines is 1. The summed E-state index contributed by atoms with van der Waals surface area (Å²) in [5.41, 5.74) is 0.983. The molecular weight excluding hydrogens is 224 g/mol. The Labute approximate surface area is 98.6 Å². The third kappa shape index (κ3) is 2.47. The van der Waals surface area contributed by atoms with E-state index in [1.807, 2.05) is 17.8 Å². The van der Waals surface area contributed by atoms with E-state index in [0.29, 0.717) is 11.3 Å². The van der Waals surface area contributed by atoms with Gasteiger partial charge in [-0.05, 0) is 18.2 Å². The van der Waals surface area contributed by atoms with Crippen LogP contribution in [0.4, 0.5) is 11.4 Å². The maximum absolute atomic E-state index is 10.6. The molecule has 1 aliphatic heterocycles. The molecule has 2 unspecified atom stereocenters. The zero-order chi connectivity index (χ0) is 11.5. The summed E-state index contributed by atoms with van der Waals surface area (Å²) >= 11 is 1.94. The highest BCUT2D eigenvalue weighted by Crippen LogP contribution is 2.29. The van der Waals surface area contributed by atoms with E-state index in [9.17, 15) is 10.1 Å². The summed E-state index contributed by atoms with van der Waals surface area (Å²) in [6.45, 7) is 2.19. The summed E-state index contributed by atoms with van der Waals surface area (Å²) in [4.78, 5) is 10.3. The van der Waals surface area contributed by atoms with Crippen molar-refractivity contribution in [1.82, 2.24) is 0 Å². The zero-order valence-corrected chi connectivity index (χ0v) is 9.87. The highest BCUT2D eigenvalue weighted by Gasteiger charge is 2.23. The van der Waals surface area contributed by atoms with Crippen molar-refractivity contribution in [3.05, 3.63) is 34.4 Å². The normalized spacial score (nSPS) is 24.3. The van der Waals surface area contributed by atoms with E-state index in [1.54, 1.807) is 12.1 Å². The number of hydrogen-bond donors (Lipinski definition) is 1. The molecule has 1 fully saturated rings. The summed E-state index contributed by atoms with van der Waals surface area (Å²) in [5, 5.41) is 14.6. The molecule has 86 valence electrons. The second-order valence-electron chi connectivity index (χ2n) is 3.92. The van der Waals surface area contributed by atoms with Gasteiger partial charge in [0.15, 0.2) is 0 Å². The van der Waals surface area contributed by atoms with Crippen LogP contribution in [0.5, 0.6) is 0 Å². The Morgan fingerprint density at radius 3 is 3.00 bits per heavy atom. The van der Waals surface area contributed by atoms with Crippen molar-refractivity contribution in [3.8, 4) is 0 Å². The minimum absolute atomic E-state index is 0.142. The Morgan fingerprint density at radius 1 is 1.56 bits per heavy atom. The van der Waals surface area contributed by atoms with Crippen LogP contribution in [0.15, 0.2) is 24.3 Å². The minimum Gasteiger partial charge on any atom is -0.381 e. The van der Waals surface area contributed by atoms with Crippen LogP contribution in [-0.4, -0.2) is 22.0 Å². The van der Waals surface area contributed by atoms with Gasteiger partial charge in [-0.1, -0.05) is 13.0 Å². The fourth-order valence-corrected chi connectivity index (χ4v) is 3.04. The van der Waals surface area contributed by atoms with Gasteiger partial charge in [0, 0.05) is 29.1 Å². The second-order valence-corrected chi connectivity index (χ2v) is 5.41. The first-order valence-corrected chi connectivity index (χ1v) is 6.34.